The average molecular weight is 251 g/mol. The molecular formula is C14H25N3O. The lowest BCUT2D eigenvalue weighted by Gasteiger charge is -2.28. The number of aromatic nitrogens is 2. The maximum Gasteiger partial charge on any atom is 0.203 e. The Bertz CT molecular complexity index is 375. The summed E-state index contributed by atoms with van der Waals surface area (Å²) < 4.78 is 7.41. The first-order valence-corrected chi connectivity index (χ1v) is 6.99. The predicted molar refractivity (Wildman–Crippen MR) is 74.0 cm³/mol. The van der Waals surface area contributed by atoms with Crippen LogP contribution in [0.4, 0.5) is 5.95 Å². The van der Waals surface area contributed by atoms with E-state index in [1.54, 1.807) is 7.11 Å². The van der Waals surface area contributed by atoms with Crippen molar-refractivity contribution in [1.29, 1.82) is 0 Å². The molecule has 1 aromatic rings. The monoisotopic (exact) mass is 251 g/mol. The third-order valence-electron chi connectivity index (χ3n) is 3.74. The van der Waals surface area contributed by atoms with Gasteiger partial charge in [-0.3, -0.25) is 0 Å². The number of ether oxygens (including phenoxy) is 1. The minimum Gasteiger partial charge on any atom is -0.383 e. The number of nitrogens with zero attached hydrogens (tertiary/aromatic N) is 2. The molecule has 102 valence electrons. The maximum absolute atomic E-state index is 5.07. The molecule has 1 saturated carbocycles. The molecule has 0 radical (unpaired) electrons. The van der Waals surface area contributed by atoms with Crippen LogP contribution in [0.5, 0.6) is 0 Å². The van der Waals surface area contributed by atoms with E-state index in [-0.39, 0.29) is 0 Å². The van der Waals surface area contributed by atoms with Gasteiger partial charge in [-0.15, -0.1) is 0 Å². The van der Waals surface area contributed by atoms with Crippen molar-refractivity contribution >= 4 is 5.95 Å². The van der Waals surface area contributed by atoms with Gasteiger partial charge in [0.25, 0.3) is 0 Å². The fourth-order valence-corrected chi connectivity index (χ4v) is 2.84. The molecule has 1 N–H and O–H groups in total. The first kappa shape index (κ1) is 13.4. The van der Waals surface area contributed by atoms with Crippen LogP contribution in [-0.4, -0.2) is 29.8 Å². The van der Waals surface area contributed by atoms with E-state index in [1.807, 2.05) is 0 Å². The minimum atomic E-state index is 0.611. The van der Waals surface area contributed by atoms with Crippen molar-refractivity contribution < 1.29 is 4.74 Å². The van der Waals surface area contributed by atoms with Crippen molar-refractivity contribution in [2.24, 2.45) is 5.92 Å². The summed E-state index contributed by atoms with van der Waals surface area (Å²) in [6.45, 7) is 5.94. The van der Waals surface area contributed by atoms with Gasteiger partial charge in [-0.2, -0.15) is 0 Å². The first-order chi connectivity index (χ1) is 8.70. The highest BCUT2D eigenvalue weighted by atomic mass is 16.5. The molecule has 18 heavy (non-hydrogen) atoms. The van der Waals surface area contributed by atoms with Gasteiger partial charge < -0.3 is 14.6 Å². The highest BCUT2D eigenvalue weighted by Gasteiger charge is 2.22. The second-order valence-electron chi connectivity index (χ2n) is 5.46. The van der Waals surface area contributed by atoms with Crippen LogP contribution in [0.15, 0.2) is 6.20 Å². The lowest BCUT2D eigenvalue weighted by atomic mass is 9.87. The zero-order valence-corrected chi connectivity index (χ0v) is 11.8. The summed E-state index contributed by atoms with van der Waals surface area (Å²) in [6, 6.07) is 0.611. The van der Waals surface area contributed by atoms with Crippen LogP contribution >= 0.6 is 0 Å². The molecule has 0 amide bonds. The molecule has 1 aliphatic rings. The molecule has 0 saturated heterocycles. The summed E-state index contributed by atoms with van der Waals surface area (Å²) in [5, 5.41) is 3.37. The average Bonchev–Trinajstić information content (AvgIpc) is 2.71. The van der Waals surface area contributed by atoms with Crippen LogP contribution in [0.2, 0.25) is 0 Å². The molecule has 0 spiro atoms. The summed E-state index contributed by atoms with van der Waals surface area (Å²) in [7, 11) is 1.72. The molecule has 0 bridgehead atoms. The molecule has 0 aromatic carbocycles. The zero-order valence-electron chi connectivity index (χ0n) is 11.8. The number of methoxy groups -OCH3 is 1. The summed E-state index contributed by atoms with van der Waals surface area (Å²) in [5.74, 6) is 1.84. The van der Waals surface area contributed by atoms with Crippen molar-refractivity contribution in [2.45, 2.75) is 45.6 Å². The molecule has 2 atom stereocenters. The number of aryl methyl sites for hydroxylation is 1. The van der Waals surface area contributed by atoms with Gasteiger partial charge in [-0.1, -0.05) is 19.8 Å². The summed E-state index contributed by atoms with van der Waals surface area (Å²) >= 11 is 0. The molecular weight excluding hydrogens is 226 g/mol. The Balaban J connectivity index is 2.05. The number of anilines is 1. The Morgan fingerprint density at radius 2 is 2.33 bits per heavy atom. The summed E-state index contributed by atoms with van der Waals surface area (Å²) in [4.78, 5) is 4.58. The van der Waals surface area contributed by atoms with Gasteiger partial charge in [-0.25, -0.2) is 4.98 Å². The van der Waals surface area contributed by atoms with E-state index in [1.165, 1.54) is 25.7 Å². The van der Waals surface area contributed by atoms with Crippen molar-refractivity contribution in [3.63, 3.8) is 0 Å². The SMILES string of the molecule is COCCNc1nc(C)cn1C1CCCC(C)C1. The normalized spacial score (nSPS) is 24.2. The van der Waals surface area contributed by atoms with Crippen molar-refractivity contribution in [3.8, 4) is 0 Å². The Hall–Kier alpha value is -1.03. The van der Waals surface area contributed by atoms with Crippen LogP contribution < -0.4 is 5.32 Å². The van der Waals surface area contributed by atoms with Gasteiger partial charge in [0.1, 0.15) is 0 Å². The van der Waals surface area contributed by atoms with Crippen molar-refractivity contribution in [3.05, 3.63) is 11.9 Å². The van der Waals surface area contributed by atoms with Crippen LogP contribution in [0, 0.1) is 12.8 Å². The zero-order chi connectivity index (χ0) is 13.0. The Kier molecular flexibility index (Phi) is 4.64. The number of hydrogen-bond acceptors (Lipinski definition) is 3. The predicted octanol–water partition coefficient (Wildman–Crippen LogP) is 3.00. The van der Waals surface area contributed by atoms with Gasteiger partial charge >= 0.3 is 0 Å². The van der Waals surface area contributed by atoms with Crippen LogP contribution in [0.3, 0.4) is 0 Å². The first-order valence-electron chi connectivity index (χ1n) is 6.99. The number of rotatable bonds is 5. The maximum atomic E-state index is 5.07. The number of hydrogen-bond donors (Lipinski definition) is 1. The topological polar surface area (TPSA) is 39.1 Å². The second kappa shape index (κ2) is 6.23. The molecule has 1 heterocycles. The highest BCUT2D eigenvalue weighted by Crippen LogP contribution is 2.34. The van der Waals surface area contributed by atoms with Gasteiger partial charge in [0.2, 0.25) is 5.95 Å². The summed E-state index contributed by atoms with van der Waals surface area (Å²) in [6.07, 6.45) is 7.43. The standard InChI is InChI=1S/C14H25N3O/c1-11-5-4-6-13(9-11)17-10-12(2)16-14(17)15-7-8-18-3/h10-11,13H,4-9H2,1-3H3,(H,15,16). The number of nitrogens with one attached hydrogen (secondary N) is 1. The minimum absolute atomic E-state index is 0.611. The van der Waals surface area contributed by atoms with Gasteiger partial charge in [0.15, 0.2) is 0 Å². The summed E-state index contributed by atoms with van der Waals surface area (Å²) in [5.41, 5.74) is 1.09. The van der Waals surface area contributed by atoms with Crippen LogP contribution in [0.25, 0.3) is 0 Å². The molecule has 1 aromatic heterocycles. The lowest BCUT2D eigenvalue weighted by Crippen LogP contribution is -2.20. The number of imidazole rings is 1. The van der Waals surface area contributed by atoms with E-state index >= 15 is 0 Å². The Morgan fingerprint density at radius 3 is 3.06 bits per heavy atom. The van der Waals surface area contributed by atoms with E-state index in [4.69, 9.17) is 4.74 Å². The van der Waals surface area contributed by atoms with Gasteiger partial charge in [0.05, 0.1) is 12.3 Å². The fourth-order valence-electron chi connectivity index (χ4n) is 2.84. The molecule has 0 aliphatic heterocycles. The highest BCUT2D eigenvalue weighted by molar-refractivity contribution is 5.29. The van der Waals surface area contributed by atoms with E-state index in [0.29, 0.717) is 12.6 Å². The molecule has 1 fully saturated rings. The third-order valence-corrected chi connectivity index (χ3v) is 3.74. The fraction of sp³-hybridized carbons (Fsp3) is 0.786. The van der Waals surface area contributed by atoms with Gasteiger partial charge in [0, 0.05) is 25.9 Å². The van der Waals surface area contributed by atoms with Crippen LogP contribution in [0.1, 0.15) is 44.3 Å². The quantitative estimate of drug-likeness (QED) is 0.818. The van der Waals surface area contributed by atoms with Crippen molar-refractivity contribution in [1.82, 2.24) is 9.55 Å². The third kappa shape index (κ3) is 3.25. The van der Waals surface area contributed by atoms with Crippen LogP contribution in [-0.2, 0) is 4.74 Å². The van der Waals surface area contributed by atoms with E-state index < -0.39 is 0 Å². The molecule has 4 nitrogen and oxygen atoms in total. The van der Waals surface area contributed by atoms with E-state index in [9.17, 15) is 0 Å². The Labute approximate surface area is 110 Å². The largest absolute Gasteiger partial charge is 0.383 e. The molecule has 2 unspecified atom stereocenters. The lowest BCUT2D eigenvalue weighted by molar-refractivity contribution is 0.210. The van der Waals surface area contributed by atoms with Gasteiger partial charge in [-0.05, 0) is 25.7 Å². The Morgan fingerprint density at radius 1 is 1.50 bits per heavy atom. The van der Waals surface area contributed by atoms with Crippen molar-refractivity contribution in [2.75, 3.05) is 25.6 Å². The molecule has 1 aliphatic carbocycles. The molecule has 2 rings (SSSR count). The van der Waals surface area contributed by atoms with E-state index in [2.05, 4.69) is 34.9 Å². The molecule has 4 heteroatoms. The van der Waals surface area contributed by atoms with E-state index in [0.717, 1.165) is 24.1 Å². The second-order valence-corrected chi connectivity index (χ2v) is 5.46. The smallest absolute Gasteiger partial charge is 0.203 e.